The fourth-order valence-corrected chi connectivity index (χ4v) is 8.62. The van der Waals surface area contributed by atoms with Gasteiger partial charge in [-0.2, -0.15) is 0 Å². The van der Waals surface area contributed by atoms with E-state index in [1.165, 1.54) is 43.9 Å². The molecule has 0 spiro atoms. The third-order valence-corrected chi connectivity index (χ3v) is 11.4. The van der Waals surface area contributed by atoms with Crippen LogP contribution in [0, 0.1) is 5.92 Å². The van der Waals surface area contributed by atoms with Gasteiger partial charge in [0.1, 0.15) is 0 Å². The highest BCUT2D eigenvalue weighted by Crippen LogP contribution is 2.43. The van der Waals surface area contributed by atoms with Crippen molar-refractivity contribution >= 4 is 49.3 Å². The molecule has 1 aliphatic carbocycles. The van der Waals surface area contributed by atoms with Gasteiger partial charge in [0.15, 0.2) is 17.5 Å². The fraction of sp³-hybridized carbons (Fsp3) is 0.0577. The number of hydrogen-bond donors (Lipinski definition) is 0. The second-order valence-electron chi connectivity index (χ2n) is 14.9. The van der Waals surface area contributed by atoms with E-state index in [9.17, 15) is 0 Å². The quantitative estimate of drug-likeness (QED) is 0.178. The summed E-state index contributed by atoms with van der Waals surface area (Å²) in [6.45, 7) is 2.30. The van der Waals surface area contributed by atoms with Gasteiger partial charge in [-0.25, -0.2) is 15.0 Å². The van der Waals surface area contributed by atoms with Crippen LogP contribution in [0.1, 0.15) is 18.2 Å². The van der Waals surface area contributed by atoms with Crippen molar-refractivity contribution in [2.45, 2.75) is 13.3 Å². The average molecular weight is 717 g/mol. The van der Waals surface area contributed by atoms with Crippen LogP contribution in [0.3, 0.4) is 0 Å². The van der Waals surface area contributed by atoms with Crippen LogP contribution in [0.5, 0.6) is 0 Å². The Kier molecular flexibility index (Phi) is 7.49. The summed E-state index contributed by atoms with van der Waals surface area (Å²) in [5, 5.41) is 8.28. The minimum absolute atomic E-state index is 0.452. The zero-order valence-corrected chi connectivity index (χ0v) is 30.9. The summed E-state index contributed by atoms with van der Waals surface area (Å²) in [6.07, 6.45) is 5.65. The van der Waals surface area contributed by atoms with E-state index in [0.717, 1.165) is 50.5 Å². The minimum atomic E-state index is 0.452. The highest BCUT2D eigenvalue weighted by atomic mass is 15.1. The number of aromatic nitrogens is 4. The first-order chi connectivity index (χ1) is 27.7. The maximum atomic E-state index is 5.40. The molecule has 0 amide bonds. The predicted molar refractivity (Wildman–Crippen MR) is 233 cm³/mol. The maximum Gasteiger partial charge on any atom is 0.166 e. The first-order valence-corrected chi connectivity index (χ1v) is 19.3. The molecule has 2 aromatic heterocycles. The van der Waals surface area contributed by atoms with Crippen molar-refractivity contribution in [1.29, 1.82) is 0 Å². The van der Waals surface area contributed by atoms with E-state index >= 15 is 0 Å². The Morgan fingerprint density at radius 2 is 1.04 bits per heavy atom. The molecule has 4 nitrogen and oxygen atoms in total. The fourth-order valence-electron chi connectivity index (χ4n) is 8.62. The van der Waals surface area contributed by atoms with E-state index in [-0.39, 0.29) is 0 Å². The van der Waals surface area contributed by atoms with Crippen LogP contribution in [0.25, 0.3) is 100 Å². The molecule has 0 bridgehead atoms. The zero-order valence-electron chi connectivity index (χ0n) is 30.9. The topological polar surface area (TPSA) is 43.6 Å². The monoisotopic (exact) mass is 716 g/mol. The summed E-state index contributed by atoms with van der Waals surface area (Å²) in [5.41, 5.74) is 10.0. The second-order valence-corrected chi connectivity index (χ2v) is 14.9. The Morgan fingerprint density at radius 1 is 0.464 bits per heavy atom. The van der Waals surface area contributed by atoms with Crippen molar-refractivity contribution in [1.82, 2.24) is 19.5 Å². The lowest BCUT2D eigenvalue weighted by molar-refractivity contribution is 0.718. The third-order valence-electron chi connectivity index (χ3n) is 11.4. The molecule has 0 fully saturated rings. The Labute approximate surface area is 325 Å². The summed E-state index contributed by atoms with van der Waals surface area (Å²) in [4.78, 5) is 16.0. The lowest BCUT2D eigenvalue weighted by Gasteiger charge is -2.20. The van der Waals surface area contributed by atoms with Gasteiger partial charge in [0, 0.05) is 27.6 Å². The highest BCUT2D eigenvalue weighted by molar-refractivity contribution is 6.11. The maximum absolute atomic E-state index is 5.40. The lowest BCUT2D eigenvalue weighted by Crippen LogP contribution is -2.08. The van der Waals surface area contributed by atoms with Gasteiger partial charge in [0.2, 0.25) is 0 Å². The molecule has 4 heteroatoms. The molecule has 264 valence electrons. The molecular weight excluding hydrogens is 681 g/mol. The van der Waals surface area contributed by atoms with Crippen molar-refractivity contribution in [3.05, 3.63) is 187 Å². The lowest BCUT2D eigenvalue weighted by atomic mass is 9.92. The Balaban J connectivity index is 1.21. The van der Waals surface area contributed by atoms with Crippen LogP contribution >= 0.6 is 0 Å². The largest absolute Gasteiger partial charge is 0.308 e. The summed E-state index contributed by atoms with van der Waals surface area (Å²) in [7, 11) is 0. The van der Waals surface area contributed by atoms with Crippen molar-refractivity contribution in [3.8, 4) is 51.0 Å². The van der Waals surface area contributed by atoms with Gasteiger partial charge in [0.25, 0.3) is 0 Å². The molecule has 56 heavy (non-hydrogen) atoms. The average Bonchev–Trinajstić information content (AvgIpc) is 3.59. The molecule has 0 aliphatic heterocycles. The van der Waals surface area contributed by atoms with Crippen molar-refractivity contribution in [2.75, 3.05) is 0 Å². The first kappa shape index (κ1) is 32.3. The predicted octanol–water partition coefficient (Wildman–Crippen LogP) is 13.1. The molecule has 1 unspecified atom stereocenters. The van der Waals surface area contributed by atoms with Gasteiger partial charge in [-0.3, -0.25) is 0 Å². The smallest absolute Gasteiger partial charge is 0.166 e. The second kappa shape index (κ2) is 13.0. The molecule has 11 rings (SSSR count). The van der Waals surface area contributed by atoms with Gasteiger partial charge in [0.05, 0.1) is 16.8 Å². The summed E-state index contributed by atoms with van der Waals surface area (Å²) in [5.74, 6) is 2.37. The number of benzene rings is 8. The third kappa shape index (κ3) is 5.33. The van der Waals surface area contributed by atoms with E-state index in [1.54, 1.807) is 0 Å². The van der Waals surface area contributed by atoms with E-state index in [4.69, 9.17) is 15.0 Å². The number of allylic oxidation sites excluding steroid dienone is 1. The number of fused-ring (bicyclic) bond motifs is 7. The molecule has 8 aromatic carbocycles. The van der Waals surface area contributed by atoms with Gasteiger partial charge in [-0.1, -0.05) is 171 Å². The van der Waals surface area contributed by atoms with Gasteiger partial charge in [-0.15, -0.1) is 0 Å². The van der Waals surface area contributed by atoms with Crippen molar-refractivity contribution in [2.24, 2.45) is 5.92 Å². The molecule has 0 saturated heterocycles. The Hall–Kier alpha value is -7.17. The first-order valence-electron chi connectivity index (χ1n) is 19.3. The van der Waals surface area contributed by atoms with Crippen LogP contribution in [0.15, 0.2) is 176 Å². The van der Waals surface area contributed by atoms with E-state index in [2.05, 4.69) is 187 Å². The summed E-state index contributed by atoms with van der Waals surface area (Å²) < 4.78 is 2.48. The highest BCUT2D eigenvalue weighted by Gasteiger charge is 2.26. The van der Waals surface area contributed by atoms with E-state index < -0.39 is 0 Å². The molecular formula is C52H36N4. The Morgan fingerprint density at radius 3 is 1.84 bits per heavy atom. The summed E-state index contributed by atoms with van der Waals surface area (Å²) in [6, 6.07) is 60.4. The van der Waals surface area contributed by atoms with Crippen LogP contribution in [-0.4, -0.2) is 19.5 Å². The van der Waals surface area contributed by atoms with Crippen LogP contribution in [0.2, 0.25) is 0 Å². The number of nitrogens with zero attached hydrogens (tertiary/aromatic N) is 4. The number of hydrogen-bond acceptors (Lipinski definition) is 3. The minimum Gasteiger partial charge on any atom is -0.308 e. The van der Waals surface area contributed by atoms with Crippen molar-refractivity contribution < 1.29 is 0 Å². The Bertz CT molecular complexity index is 3170. The molecule has 1 atom stereocenters. The standard InChI is InChI=1S/C52H36N4/c1-33-19-29-46-45(31-33)44-28-26-38-15-8-10-18-43(38)49(44)56(46)47-30-27-37-14-7-9-17-42(37)48(47)52-54-50(39-23-20-36(21-24-39)34-11-3-2-4-12-34)53-51(55-52)41-25-22-35-13-5-6-16-40(35)32-41/h2-30,32-33H,31H2,1H3. The molecule has 0 N–H and O–H groups in total. The van der Waals surface area contributed by atoms with E-state index in [0.29, 0.717) is 23.4 Å². The number of rotatable bonds is 5. The zero-order chi connectivity index (χ0) is 37.2. The van der Waals surface area contributed by atoms with Gasteiger partial charge in [-0.05, 0) is 74.2 Å². The van der Waals surface area contributed by atoms with E-state index in [1.807, 2.05) is 6.07 Å². The van der Waals surface area contributed by atoms with Crippen LogP contribution < -0.4 is 0 Å². The SMILES string of the molecule is CC1C=Cc2c(c3ccc4ccccc4c3n2-c2ccc3ccccc3c2-c2nc(-c3ccc(-c4ccccc4)cc3)nc(-c3ccc4ccccc4c3)n2)C1. The van der Waals surface area contributed by atoms with Crippen molar-refractivity contribution in [3.63, 3.8) is 0 Å². The molecule has 0 radical (unpaired) electrons. The molecule has 0 saturated carbocycles. The molecule has 10 aromatic rings. The van der Waals surface area contributed by atoms with Gasteiger partial charge < -0.3 is 4.57 Å². The van der Waals surface area contributed by atoms with Crippen LogP contribution in [-0.2, 0) is 6.42 Å². The van der Waals surface area contributed by atoms with Crippen LogP contribution in [0.4, 0.5) is 0 Å². The summed E-state index contributed by atoms with van der Waals surface area (Å²) >= 11 is 0. The van der Waals surface area contributed by atoms with Gasteiger partial charge >= 0.3 is 0 Å². The molecule has 2 heterocycles. The normalized spacial score (nSPS) is 13.8. The molecule has 1 aliphatic rings.